The van der Waals surface area contributed by atoms with Crippen LogP contribution in [0, 0.1) is 0 Å². The molecule has 0 fully saturated rings. The summed E-state index contributed by atoms with van der Waals surface area (Å²) < 4.78 is 0. The SMILES string of the molecule is C=CN1C=CN(CCC)C1Cl. The Labute approximate surface area is 72.7 Å². The summed E-state index contributed by atoms with van der Waals surface area (Å²) in [6.45, 7) is 6.78. The van der Waals surface area contributed by atoms with Crippen molar-refractivity contribution in [1.29, 1.82) is 0 Å². The Bertz CT molecular complexity index is 167. The summed E-state index contributed by atoms with van der Waals surface area (Å²) in [5.74, 6) is 0. The number of rotatable bonds is 3. The molecule has 0 amide bonds. The molecule has 0 aromatic heterocycles. The zero-order valence-corrected chi connectivity index (χ0v) is 7.46. The second-order valence-corrected chi connectivity index (χ2v) is 2.87. The van der Waals surface area contributed by atoms with Crippen LogP contribution in [-0.2, 0) is 0 Å². The Morgan fingerprint density at radius 3 is 2.82 bits per heavy atom. The van der Waals surface area contributed by atoms with Gasteiger partial charge in [-0.15, -0.1) is 0 Å². The Morgan fingerprint density at radius 2 is 2.36 bits per heavy atom. The highest BCUT2D eigenvalue weighted by Crippen LogP contribution is 2.18. The highest BCUT2D eigenvalue weighted by molar-refractivity contribution is 6.20. The minimum absolute atomic E-state index is 0.0764. The lowest BCUT2D eigenvalue weighted by Crippen LogP contribution is -2.31. The average Bonchev–Trinajstić information content (AvgIpc) is 2.34. The third kappa shape index (κ3) is 1.69. The summed E-state index contributed by atoms with van der Waals surface area (Å²) in [6.07, 6.45) is 6.76. The molecule has 0 N–H and O–H groups in total. The van der Waals surface area contributed by atoms with Gasteiger partial charge in [0, 0.05) is 18.9 Å². The van der Waals surface area contributed by atoms with Crippen molar-refractivity contribution in [2.24, 2.45) is 0 Å². The van der Waals surface area contributed by atoms with Gasteiger partial charge >= 0.3 is 0 Å². The Morgan fingerprint density at radius 1 is 1.64 bits per heavy atom. The molecule has 1 unspecified atom stereocenters. The van der Waals surface area contributed by atoms with Crippen LogP contribution in [-0.4, -0.2) is 22.0 Å². The fourth-order valence-electron chi connectivity index (χ4n) is 1.06. The van der Waals surface area contributed by atoms with E-state index in [1.54, 1.807) is 6.20 Å². The molecular weight excluding hydrogens is 160 g/mol. The summed E-state index contributed by atoms with van der Waals surface area (Å²) in [4.78, 5) is 3.94. The van der Waals surface area contributed by atoms with Crippen molar-refractivity contribution < 1.29 is 0 Å². The van der Waals surface area contributed by atoms with Crippen LogP contribution in [0.5, 0.6) is 0 Å². The summed E-state index contributed by atoms with van der Waals surface area (Å²) in [7, 11) is 0. The molecule has 62 valence electrons. The molecule has 0 saturated carbocycles. The summed E-state index contributed by atoms with van der Waals surface area (Å²) in [5, 5.41) is 0. The van der Waals surface area contributed by atoms with Gasteiger partial charge in [0.1, 0.15) is 0 Å². The minimum atomic E-state index is -0.0764. The Kier molecular flexibility index (Phi) is 2.83. The minimum Gasteiger partial charge on any atom is -0.343 e. The maximum atomic E-state index is 6.04. The number of nitrogens with zero attached hydrogens (tertiary/aromatic N) is 2. The summed E-state index contributed by atoms with van der Waals surface area (Å²) >= 11 is 6.04. The van der Waals surface area contributed by atoms with Gasteiger partial charge in [0.25, 0.3) is 0 Å². The highest BCUT2D eigenvalue weighted by Gasteiger charge is 2.20. The van der Waals surface area contributed by atoms with E-state index in [4.69, 9.17) is 11.6 Å². The van der Waals surface area contributed by atoms with E-state index in [1.807, 2.05) is 17.3 Å². The van der Waals surface area contributed by atoms with E-state index < -0.39 is 0 Å². The van der Waals surface area contributed by atoms with Crippen LogP contribution in [0.25, 0.3) is 0 Å². The van der Waals surface area contributed by atoms with Gasteiger partial charge in [0.2, 0.25) is 0 Å². The van der Waals surface area contributed by atoms with Crippen molar-refractivity contribution in [1.82, 2.24) is 9.80 Å². The van der Waals surface area contributed by atoms with Crippen LogP contribution < -0.4 is 0 Å². The van der Waals surface area contributed by atoms with Gasteiger partial charge in [-0.2, -0.15) is 0 Å². The van der Waals surface area contributed by atoms with Crippen LogP contribution in [0.3, 0.4) is 0 Å². The van der Waals surface area contributed by atoms with Gasteiger partial charge in [0.05, 0.1) is 0 Å². The van der Waals surface area contributed by atoms with Gasteiger partial charge < -0.3 is 9.80 Å². The van der Waals surface area contributed by atoms with Gasteiger partial charge in [0.15, 0.2) is 5.62 Å². The lowest BCUT2D eigenvalue weighted by Gasteiger charge is -2.24. The van der Waals surface area contributed by atoms with Crippen molar-refractivity contribution >= 4 is 11.6 Å². The normalized spacial score (nSPS) is 22.9. The second kappa shape index (κ2) is 3.67. The predicted molar refractivity (Wildman–Crippen MR) is 47.8 cm³/mol. The Hall–Kier alpha value is -0.630. The number of hydrogen-bond acceptors (Lipinski definition) is 2. The van der Waals surface area contributed by atoms with E-state index in [2.05, 4.69) is 18.4 Å². The molecule has 0 aromatic rings. The molecule has 1 heterocycles. The van der Waals surface area contributed by atoms with Gasteiger partial charge in [-0.05, 0) is 12.6 Å². The van der Waals surface area contributed by atoms with Crippen LogP contribution in [0.2, 0.25) is 0 Å². The predicted octanol–water partition coefficient (Wildman–Crippen LogP) is 2.15. The Balaban J connectivity index is 2.49. The first-order valence-corrected chi connectivity index (χ1v) is 4.21. The first kappa shape index (κ1) is 8.47. The van der Waals surface area contributed by atoms with E-state index in [1.165, 1.54) is 0 Å². The van der Waals surface area contributed by atoms with Gasteiger partial charge in [-0.25, -0.2) is 0 Å². The number of hydrogen-bond donors (Lipinski definition) is 0. The zero-order chi connectivity index (χ0) is 8.27. The molecule has 0 saturated heterocycles. The molecule has 0 aromatic carbocycles. The largest absolute Gasteiger partial charge is 0.343 e. The lowest BCUT2D eigenvalue weighted by molar-refractivity contribution is 0.274. The number of alkyl halides is 1. The fraction of sp³-hybridized carbons (Fsp3) is 0.500. The summed E-state index contributed by atoms with van der Waals surface area (Å²) in [5.41, 5.74) is -0.0764. The van der Waals surface area contributed by atoms with Crippen molar-refractivity contribution in [3.63, 3.8) is 0 Å². The second-order valence-electron chi connectivity index (χ2n) is 2.48. The third-order valence-corrected chi connectivity index (χ3v) is 2.12. The first-order valence-electron chi connectivity index (χ1n) is 3.77. The maximum absolute atomic E-state index is 6.04. The van der Waals surface area contributed by atoms with Crippen molar-refractivity contribution in [3.05, 3.63) is 25.2 Å². The first-order chi connectivity index (χ1) is 5.29. The quantitative estimate of drug-likeness (QED) is 0.476. The van der Waals surface area contributed by atoms with E-state index in [0.717, 1.165) is 13.0 Å². The third-order valence-electron chi connectivity index (χ3n) is 1.64. The molecular formula is C8H13ClN2. The molecule has 2 nitrogen and oxygen atoms in total. The highest BCUT2D eigenvalue weighted by atomic mass is 35.5. The zero-order valence-electron chi connectivity index (χ0n) is 6.70. The topological polar surface area (TPSA) is 6.48 Å². The van der Waals surface area contributed by atoms with Crippen molar-refractivity contribution in [2.75, 3.05) is 6.54 Å². The monoisotopic (exact) mass is 172 g/mol. The molecule has 1 atom stereocenters. The molecule has 1 rings (SSSR count). The average molecular weight is 173 g/mol. The summed E-state index contributed by atoms with van der Waals surface area (Å²) in [6, 6.07) is 0. The van der Waals surface area contributed by atoms with Crippen LogP contribution >= 0.6 is 11.6 Å². The molecule has 0 spiro atoms. The standard InChI is InChI=1S/C8H13ClN2/c1-3-5-11-7-6-10(4-2)8(11)9/h4,6-8H,2-3,5H2,1H3. The molecule has 0 bridgehead atoms. The fourth-order valence-corrected chi connectivity index (χ4v) is 1.37. The molecule has 0 radical (unpaired) electrons. The van der Waals surface area contributed by atoms with Crippen LogP contribution in [0.4, 0.5) is 0 Å². The van der Waals surface area contributed by atoms with E-state index in [-0.39, 0.29) is 5.62 Å². The van der Waals surface area contributed by atoms with Crippen molar-refractivity contribution in [2.45, 2.75) is 19.0 Å². The van der Waals surface area contributed by atoms with Crippen molar-refractivity contribution in [3.8, 4) is 0 Å². The van der Waals surface area contributed by atoms with E-state index >= 15 is 0 Å². The smallest absolute Gasteiger partial charge is 0.183 e. The molecule has 0 aliphatic carbocycles. The molecule has 1 aliphatic rings. The van der Waals surface area contributed by atoms with Crippen LogP contribution in [0.15, 0.2) is 25.2 Å². The maximum Gasteiger partial charge on any atom is 0.183 e. The lowest BCUT2D eigenvalue weighted by atomic mass is 10.4. The van der Waals surface area contributed by atoms with E-state index in [0.29, 0.717) is 0 Å². The number of halogens is 1. The van der Waals surface area contributed by atoms with Crippen LogP contribution in [0.1, 0.15) is 13.3 Å². The van der Waals surface area contributed by atoms with E-state index in [9.17, 15) is 0 Å². The van der Waals surface area contributed by atoms with Gasteiger partial charge in [-0.1, -0.05) is 25.1 Å². The molecule has 3 heteroatoms. The van der Waals surface area contributed by atoms with Gasteiger partial charge in [-0.3, -0.25) is 0 Å². The molecule has 1 aliphatic heterocycles. The molecule has 11 heavy (non-hydrogen) atoms.